The van der Waals surface area contributed by atoms with Gasteiger partial charge in [-0.1, -0.05) is 17.7 Å². The van der Waals surface area contributed by atoms with Crippen molar-refractivity contribution in [1.82, 2.24) is 4.98 Å². The lowest BCUT2D eigenvalue weighted by Gasteiger charge is -1.87. The van der Waals surface area contributed by atoms with Crippen LogP contribution in [0.25, 0.3) is 0 Å². The second-order valence-electron chi connectivity index (χ2n) is 1.37. The molecule has 1 aromatic rings. The first-order valence-corrected chi connectivity index (χ1v) is 2.50. The molecule has 2 heteroatoms. The van der Waals surface area contributed by atoms with Crippen LogP contribution >= 0.6 is 11.6 Å². The van der Waals surface area contributed by atoms with Crippen LogP contribution in [0.15, 0.2) is 18.3 Å². The molecule has 42 valence electrons. The largest absolute Gasteiger partial charge is 0.244 e. The molecule has 0 bridgehead atoms. The molecule has 1 aromatic heterocycles. The summed E-state index contributed by atoms with van der Waals surface area (Å²) in [5.74, 6) is 0. The molecule has 0 N–H and O–H groups in total. The van der Waals surface area contributed by atoms with Gasteiger partial charge in [0.05, 0.1) is 0 Å². The van der Waals surface area contributed by atoms with Crippen molar-refractivity contribution < 1.29 is 4.11 Å². The maximum atomic E-state index is 6.99. The summed E-state index contributed by atoms with van der Waals surface area (Å²) < 4.78 is 21.0. The van der Waals surface area contributed by atoms with Crippen LogP contribution in [-0.2, 0) is 0 Å². The molecule has 0 saturated carbocycles. The van der Waals surface area contributed by atoms with Crippen LogP contribution in [0.2, 0.25) is 5.15 Å². The van der Waals surface area contributed by atoms with Crippen LogP contribution in [0.1, 0.15) is 9.68 Å². The highest BCUT2D eigenvalue weighted by atomic mass is 35.5. The third kappa shape index (κ3) is 1.20. The van der Waals surface area contributed by atoms with E-state index in [1.807, 2.05) is 0 Å². The van der Waals surface area contributed by atoms with E-state index in [1.54, 1.807) is 0 Å². The second kappa shape index (κ2) is 2.14. The quantitative estimate of drug-likeness (QED) is 0.490. The minimum atomic E-state index is -2.09. The molecule has 0 aliphatic heterocycles. The Kier molecular flexibility index (Phi) is 0.757. The topological polar surface area (TPSA) is 12.9 Å². The lowest BCUT2D eigenvalue weighted by atomic mass is 10.3. The van der Waals surface area contributed by atoms with Crippen LogP contribution in [0, 0.1) is 6.85 Å². The van der Waals surface area contributed by atoms with Crippen LogP contribution in [0.3, 0.4) is 0 Å². The Bertz CT molecular complexity index is 241. The molecule has 1 heterocycles. The first-order valence-electron chi connectivity index (χ1n) is 3.62. The Morgan fingerprint density at radius 1 is 1.75 bits per heavy atom. The molecule has 0 aliphatic rings. The third-order valence-electron chi connectivity index (χ3n) is 0.727. The Hall–Kier alpha value is -0.560. The number of halogens is 1. The van der Waals surface area contributed by atoms with Crippen molar-refractivity contribution in [1.29, 1.82) is 0 Å². The summed E-state index contributed by atoms with van der Waals surface area (Å²) in [6, 6.07) is 2.91. The van der Waals surface area contributed by atoms with Gasteiger partial charge in [0.25, 0.3) is 0 Å². The Morgan fingerprint density at radius 2 is 2.62 bits per heavy atom. The minimum absolute atomic E-state index is 0.210. The van der Waals surface area contributed by atoms with E-state index < -0.39 is 6.85 Å². The van der Waals surface area contributed by atoms with E-state index in [1.165, 1.54) is 18.3 Å². The molecule has 8 heavy (non-hydrogen) atoms. The average molecular weight is 131 g/mol. The van der Waals surface area contributed by atoms with Gasteiger partial charge in [-0.15, -0.1) is 0 Å². The standard InChI is InChI=1S/C6H6ClN/c1-5-2-3-6(7)8-4-5/h2-4H,1H3/i1D3. The van der Waals surface area contributed by atoms with Gasteiger partial charge < -0.3 is 0 Å². The van der Waals surface area contributed by atoms with Crippen molar-refractivity contribution >= 4 is 11.6 Å². The van der Waals surface area contributed by atoms with Crippen molar-refractivity contribution in [3.05, 3.63) is 29.0 Å². The molecule has 0 fully saturated rings. The van der Waals surface area contributed by atoms with Gasteiger partial charge in [0.1, 0.15) is 5.15 Å². The van der Waals surface area contributed by atoms with Gasteiger partial charge in [0.15, 0.2) is 0 Å². The van der Waals surface area contributed by atoms with E-state index in [-0.39, 0.29) is 5.56 Å². The van der Waals surface area contributed by atoms with Crippen molar-refractivity contribution in [2.75, 3.05) is 0 Å². The van der Waals surface area contributed by atoms with Gasteiger partial charge in [-0.2, -0.15) is 0 Å². The smallest absolute Gasteiger partial charge is 0.129 e. The zero-order valence-electron chi connectivity index (χ0n) is 7.06. The van der Waals surface area contributed by atoms with E-state index in [4.69, 9.17) is 15.7 Å². The Labute approximate surface area is 57.5 Å². The lowest BCUT2D eigenvalue weighted by molar-refractivity contribution is 1.27. The van der Waals surface area contributed by atoms with E-state index in [0.717, 1.165) is 0 Å². The van der Waals surface area contributed by atoms with Crippen molar-refractivity contribution in [2.24, 2.45) is 0 Å². The van der Waals surface area contributed by atoms with E-state index in [0.29, 0.717) is 5.15 Å². The maximum Gasteiger partial charge on any atom is 0.129 e. The van der Waals surface area contributed by atoms with Crippen molar-refractivity contribution in [3.63, 3.8) is 0 Å². The molecule has 0 amide bonds. The van der Waals surface area contributed by atoms with Crippen LogP contribution < -0.4 is 0 Å². The third-order valence-corrected chi connectivity index (χ3v) is 0.951. The summed E-state index contributed by atoms with van der Waals surface area (Å²) in [6.07, 6.45) is 1.26. The Morgan fingerprint density at radius 3 is 3.12 bits per heavy atom. The normalized spacial score (nSPS) is 16.4. The maximum absolute atomic E-state index is 6.99. The fourth-order valence-corrected chi connectivity index (χ4v) is 0.488. The second-order valence-corrected chi connectivity index (χ2v) is 1.76. The highest BCUT2D eigenvalue weighted by molar-refractivity contribution is 6.29. The molecule has 0 aliphatic carbocycles. The van der Waals surface area contributed by atoms with Crippen LogP contribution in [-0.4, -0.2) is 4.98 Å². The number of aryl methyl sites for hydroxylation is 1. The average Bonchev–Trinajstić information content (AvgIpc) is 1.86. The molecule has 0 unspecified atom stereocenters. The molecule has 0 radical (unpaired) electrons. The predicted octanol–water partition coefficient (Wildman–Crippen LogP) is 2.04. The molecular formula is C6H6ClN. The summed E-state index contributed by atoms with van der Waals surface area (Å²) >= 11 is 5.47. The number of pyridine rings is 1. The van der Waals surface area contributed by atoms with Gasteiger partial charge >= 0.3 is 0 Å². The van der Waals surface area contributed by atoms with Gasteiger partial charge in [-0.05, 0) is 18.5 Å². The lowest BCUT2D eigenvalue weighted by Crippen LogP contribution is -1.73. The Balaban J connectivity index is 2.99. The summed E-state index contributed by atoms with van der Waals surface area (Å²) in [5.41, 5.74) is 0.210. The van der Waals surface area contributed by atoms with Crippen molar-refractivity contribution in [3.8, 4) is 0 Å². The molecule has 0 aromatic carbocycles. The first-order chi connectivity index (χ1) is 5.00. The fourth-order valence-electron chi connectivity index (χ4n) is 0.376. The van der Waals surface area contributed by atoms with Gasteiger partial charge in [-0.25, -0.2) is 4.98 Å². The van der Waals surface area contributed by atoms with Gasteiger partial charge in [0.2, 0.25) is 0 Å². The summed E-state index contributed by atoms with van der Waals surface area (Å²) in [7, 11) is 0. The number of hydrogen-bond donors (Lipinski definition) is 0. The molecule has 0 atom stereocenters. The van der Waals surface area contributed by atoms with Gasteiger partial charge in [0, 0.05) is 10.3 Å². The van der Waals surface area contributed by atoms with Crippen LogP contribution in [0.4, 0.5) is 0 Å². The number of rotatable bonds is 0. The molecule has 0 saturated heterocycles. The van der Waals surface area contributed by atoms with Crippen LogP contribution in [0.5, 0.6) is 0 Å². The molecule has 1 rings (SSSR count). The zero-order chi connectivity index (χ0) is 8.48. The first kappa shape index (κ1) is 2.83. The van der Waals surface area contributed by atoms with Crippen molar-refractivity contribution in [2.45, 2.75) is 6.85 Å². The number of nitrogens with zero attached hydrogens (tertiary/aromatic N) is 1. The van der Waals surface area contributed by atoms with Gasteiger partial charge in [-0.3, -0.25) is 0 Å². The predicted molar refractivity (Wildman–Crippen MR) is 34.0 cm³/mol. The number of aromatic nitrogens is 1. The monoisotopic (exact) mass is 130 g/mol. The highest BCUT2D eigenvalue weighted by Gasteiger charge is 1.83. The molecular weight excluding hydrogens is 122 g/mol. The SMILES string of the molecule is [2H]C([2H])([2H])c1ccc(Cl)nc1. The molecule has 1 nitrogen and oxygen atoms in total. The number of hydrogen-bond acceptors (Lipinski definition) is 1. The van der Waals surface area contributed by atoms with E-state index in [2.05, 4.69) is 4.98 Å². The zero-order valence-corrected chi connectivity index (χ0v) is 4.81. The summed E-state index contributed by atoms with van der Waals surface area (Å²) in [4.78, 5) is 3.65. The summed E-state index contributed by atoms with van der Waals surface area (Å²) in [5, 5.41) is 0.304. The van der Waals surface area contributed by atoms with E-state index in [9.17, 15) is 0 Å². The summed E-state index contributed by atoms with van der Waals surface area (Å²) in [6.45, 7) is -2.09. The molecule has 0 spiro atoms. The highest BCUT2D eigenvalue weighted by Crippen LogP contribution is 2.02. The minimum Gasteiger partial charge on any atom is -0.244 e. The van der Waals surface area contributed by atoms with E-state index >= 15 is 0 Å². The fraction of sp³-hybridized carbons (Fsp3) is 0.167.